The Morgan fingerprint density at radius 1 is 0.846 bits per heavy atom. The lowest BCUT2D eigenvalue weighted by Crippen LogP contribution is -2.47. The highest BCUT2D eigenvalue weighted by molar-refractivity contribution is 5.95. The van der Waals surface area contributed by atoms with Crippen LogP contribution in [0, 0.1) is 25.7 Å². The predicted molar refractivity (Wildman–Crippen MR) is 203 cm³/mol. The number of hydrogen-bond acceptors (Lipinski definition) is 7. The van der Waals surface area contributed by atoms with E-state index in [0.717, 1.165) is 38.7 Å². The van der Waals surface area contributed by atoms with Crippen molar-refractivity contribution in [2.75, 3.05) is 6.54 Å². The summed E-state index contributed by atoms with van der Waals surface area (Å²) >= 11 is 0. The van der Waals surface area contributed by atoms with Crippen LogP contribution in [0.2, 0.25) is 0 Å². The molecule has 12 nitrogen and oxygen atoms in total. The zero-order valence-corrected chi connectivity index (χ0v) is 30.2. The standard InChI is InChI=1S/C40H51N7O5/c1-24-16-30(48)17-25(2)32(24)19-28(22-36(49)33(41)13-9-15-45-40(43)44)39(52)46-34(20-29-23-47(3)35-14-8-7-12-31(29)35)37(50)21-27(38(42)51)18-26-10-5-4-6-11-26/h4-8,10-12,14,16-17,23,27-28,33-34,48H,9,13,15,18-22,41H2,1-3H3,(H2,42,51)(H,46,52)(H4,43,44,45)/t27-,28-,33-,34+/m1/s1. The van der Waals surface area contributed by atoms with Crippen molar-refractivity contribution in [2.24, 2.45) is 46.8 Å². The Kier molecular flexibility index (Phi) is 13.7. The monoisotopic (exact) mass is 709 g/mol. The van der Waals surface area contributed by atoms with Gasteiger partial charge in [-0.2, -0.15) is 0 Å². The average Bonchev–Trinajstić information content (AvgIpc) is 3.41. The molecule has 12 heteroatoms. The first-order valence-corrected chi connectivity index (χ1v) is 17.6. The number of rotatable bonds is 19. The number of para-hydroxylation sites is 1. The van der Waals surface area contributed by atoms with Gasteiger partial charge < -0.3 is 37.9 Å². The topological polar surface area (TPSA) is 222 Å². The van der Waals surface area contributed by atoms with Crippen molar-refractivity contribution in [1.82, 2.24) is 9.88 Å². The van der Waals surface area contributed by atoms with Crippen molar-refractivity contribution in [1.29, 1.82) is 0 Å². The van der Waals surface area contributed by atoms with Crippen molar-refractivity contribution >= 4 is 40.2 Å². The van der Waals surface area contributed by atoms with E-state index in [4.69, 9.17) is 22.9 Å². The summed E-state index contributed by atoms with van der Waals surface area (Å²) in [5, 5.41) is 14.1. The van der Waals surface area contributed by atoms with E-state index in [1.165, 1.54) is 0 Å². The first-order chi connectivity index (χ1) is 24.7. The number of nitrogens with one attached hydrogen (secondary N) is 1. The van der Waals surface area contributed by atoms with Crippen LogP contribution in [0.5, 0.6) is 5.75 Å². The molecule has 0 saturated carbocycles. The lowest BCUT2D eigenvalue weighted by Gasteiger charge is -2.25. The molecule has 2 amide bonds. The maximum atomic E-state index is 14.4. The average molecular weight is 710 g/mol. The number of hydrogen-bond donors (Lipinski definition) is 6. The second-order valence-corrected chi connectivity index (χ2v) is 13.7. The van der Waals surface area contributed by atoms with E-state index in [-0.39, 0.29) is 55.4 Å². The lowest BCUT2D eigenvalue weighted by molar-refractivity contribution is -0.133. The van der Waals surface area contributed by atoms with Crippen LogP contribution in [-0.4, -0.2) is 57.6 Å². The molecule has 10 N–H and O–H groups in total. The smallest absolute Gasteiger partial charge is 0.224 e. The number of primary amides is 1. The number of fused-ring (bicyclic) bond motifs is 1. The summed E-state index contributed by atoms with van der Waals surface area (Å²) in [6, 6.07) is 18.4. The molecule has 4 aromatic rings. The van der Waals surface area contributed by atoms with Gasteiger partial charge in [0.25, 0.3) is 0 Å². The van der Waals surface area contributed by atoms with Gasteiger partial charge in [0.2, 0.25) is 11.8 Å². The molecular formula is C40H51N7O5. The molecule has 4 rings (SSSR count). The number of aryl methyl sites for hydroxylation is 3. The van der Waals surface area contributed by atoms with E-state index in [1.807, 2.05) is 86.3 Å². The predicted octanol–water partition coefficient (Wildman–Crippen LogP) is 3.03. The number of guanidine groups is 1. The molecule has 3 aromatic carbocycles. The maximum absolute atomic E-state index is 14.4. The van der Waals surface area contributed by atoms with E-state index in [1.54, 1.807) is 12.1 Å². The number of ketones is 2. The second-order valence-electron chi connectivity index (χ2n) is 13.7. The number of aliphatic imine (C=N–C) groups is 1. The van der Waals surface area contributed by atoms with E-state index in [2.05, 4.69) is 10.3 Å². The SMILES string of the molecule is Cc1cc(O)cc(C)c1C[C@H](CC(=O)[C@H](N)CCCN=C(N)N)C(=O)N[C@@H](Cc1cn(C)c2ccccc12)C(=O)C[C@@H](Cc1ccccc1)C(N)=O. The second kappa shape index (κ2) is 18.1. The number of amides is 2. The highest BCUT2D eigenvalue weighted by Gasteiger charge is 2.32. The molecule has 0 aliphatic heterocycles. The first kappa shape index (κ1) is 39.3. The summed E-state index contributed by atoms with van der Waals surface area (Å²) in [6.07, 6.45) is 2.96. The van der Waals surface area contributed by atoms with Crippen LogP contribution in [0.1, 0.15) is 53.5 Å². The normalized spacial score (nSPS) is 13.5. The number of nitrogens with two attached hydrogens (primary N) is 4. The van der Waals surface area contributed by atoms with Crippen molar-refractivity contribution in [3.8, 4) is 5.75 Å². The van der Waals surface area contributed by atoms with Gasteiger partial charge >= 0.3 is 0 Å². The van der Waals surface area contributed by atoms with Crippen LogP contribution in [-0.2, 0) is 45.5 Å². The van der Waals surface area contributed by atoms with E-state index in [0.29, 0.717) is 19.4 Å². The molecule has 0 radical (unpaired) electrons. The van der Waals surface area contributed by atoms with E-state index >= 15 is 0 Å². The number of phenols is 1. The summed E-state index contributed by atoms with van der Waals surface area (Å²) in [7, 11) is 1.91. The lowest BCUT2D eigenvalue weighted by atomic mass is 9.86. The molecule has 0 fully saturated rings. The Balaban J connectivity index is 1.65. The third kappa shape index (κ3) is 10.8. The minimum Gasteiger partial charge on any atom is -0.508 e. The highest BCUT2D eigenvalue weighted by atomic mass is 16.3. The fourth-order valence-electron chi connectivity index (χ4n) is 6.77. The minimum atomic E-state index is -1.02. The van der Waals surface area contributed by atoms with Gasteiger partial charge in [-0.1, -0.05) is 48.5 Å². The van der Waals surface area contributed by atoms with Crippen molar-refractivity contribution in [3.63, 3.8) is 0 Å². The fourth-order valence-corrected chi connectivity index (χ4v) is 6.77. The third-order valence-corrected chi connectivity index (χ3v) is 9.61. The van der Waals surface area contributed by atoms with Crippen LogP contribution in [0.25, 0.3) is 10.9 Å². The highest BCUT2D eigenvalue weighted by Crippen LogP contribution is 2.27. The summed E-state index contributed by atoms with van der Waals surface area (Å²) in [5.74, 6) is -3.40. The summed E-state index contributed by atoms with van der Waals surface area (Å²) in [4.78, 5) is 58.6. The van der Waals surface area contributed by atoms with Gasteiger partial charge in [-0.3, -0.25) is 24.2 Å². The summed E-state index contributed by atoms with van der Waals surface area (Å²) in [5.41, 5.74) is 27.9. The van der Waals surface area contributed by atoms with Crippen molar-refractivity contribution in [2.45, 2.75) is 70.9 Å². The molecule has 4 atom stereocenters. The van der Waals surface area contributed by atoms with Gasteiger partial charge in [-0.25, -0.2) is 0 Å². The number of phenolic OH excluding ortho intramolecular Hbond substituents is 1. The van der Waals surface area contributed by atoms with Gasteiger partial charge in [0.05, 0.1) is 12.1 Å². The Labute approximate surface area is 304 Å². The number of aromatic hydroxyl groups is 1. The number of nitrogens with zero attached hydrogens (tertiary/aromatic N) is 2. The molecular weight excluding hydrogens is 658 g/mol. The largest absolute Gasteiger partial charge is 0.508 e. The molecule has 0 unspecified atom stereocenters. The van der Waals surface area contributed by atoms with Gasteiger partial charge in [0, 0.05) is 61.8 Å². The van der Waals surface area contributed by atoms with Crippen LogP contribution in [0.3, 0.4) is 0 Å². The Hall–Kier alpha value is -5.49. The molecule has 1 heterocycles. The van der Waals surface area contributed by atoms with Crippen LogP contribution in [0.4, 0.5) is 0 Å². The summed E-state index contributed by atoms with van der Waals surface area (Å²) < 4.78 is 1.96. The number of carbonyl (C=O) groups excluding carboxylic acids is 4. The Morgan fingerprint density at radius 3 is 2.13 bits per heavy atom. The van der Waals surface area contributed by atoms with Crippen LogP contribution >= 0.6 is 0 Å². The molecule has 1 aromatic heterocycles. The molecule has 0 saturated heterocycles. The Bertz CT molecular complexity index is 1890. The molecule has 0 aliphatic rings. The van der Waals surface area contributed by atoms with Gasteiger partial charge in [0.1, 0.15) is 11.5 Å². The molecule has 52 heavy (non-hydrogen) atoms. The van der Waals surface area contributed by atoms with E-state index in [9.17, 15) is 24.3 Å². The summed E-state index contributed by atoms with van der Waals surface area (Å²) in [6.45, 7) is 3.98. The minimum absolute atomic E-state index is 0.0499. The van der Waals surface area contributed by atoms with Gasteiger partial charge in [-0.05, 0) is 85.5 Å². The quantitative estimate of drug-likeness (QED) is 0.0481. The number of benzene rings is 3. The van der Waals surface area contributed by atoms with Gasteiger partial charge in [-0.15, -0.1) is 0 Å². The van der Waals surface area contributed by atoms with Gasteiger partial charge in [0.15, 0.2) is 11.7 Å². The molecule has 0 bridgehead atoms. The number of carbonyl (C=O) groups is 4. The number of aromatic nitrogens is 1. The molecule has 276 valence electrons. The van der Waals surface area contributed by atoms with Crippen LogP contribution in [0.15, 0.2) is 77.9 Å². The molecule has 0 spiro atoms. The Morgan fingerprint density at radius 2 is 1.48 bits per heavy atom. The van der Waals surface area contributed by atoms with Crippen LogP contribution < -0.4 is 28.3 Å². The zero-order chi connectivity index (χ0) is 37.9. The zero-order valence-electron chi connectivity index (χ0n) is 30.2. The maximum Gasteiger partial charge on any atom is 0.224 e. The van der Waals surface area contributed by atoms with E-state index < -0.39 is 35.7 Å². The first-order valence-electron chi connectivity index (χ1n) is 17.6. The third-order valence-electron chi connectivity index (χ3n) is 9.61. The fraction of sp³-hybridized carbons (Fsp3) is 0.375. The van der Waals surface area contributed by atoms with Crippen molar-refractivity contribution < 1.29 is 24.3 Å². The van der Waals surface area contributed by atoms with Crippen molar-refractivity contribution in [3.05, 3.63) is 101 Å². The number of Topliss-reactive ketones (excluding diaryl/α,β-unsaturated/α-hetero) is 2. The molecule has 0 aliphatic carbocycles.